The van der Waals surface area contributed by atoms with Crippen molar-refractivity contribution in [1.82, 2.24) is 9.67 Å². The van der Waals surface area contributed by atoms with Gasteiger partial charge in [0.05, 0.1) is 11.8 Å². The number of rotatable bonds is 0. The Labute approximate surface area is 58.7 Å². The minimum absolute atomic E-state index is 0.480. The number of hydrogen-bond acceptors (Lipinski definition) is 2. The monoisotopic (exact) mass is 142 g/mol. The van der Waals surface area contributed by atoms with E-state index in [2.05, 4.69) is 27.0 Å². The van der Waals surface area contributed by atoms with E-state index < -0.39 is 0 Å². The van der Waals surface area contributed by atoms with E-state index in [0.29, 0.717) is 5.25 Å². The highest BCUT2D eigenvalue weighted by molar-refractivity contribution is 7.80. The van der Waals surface area contributed by atoms with Crippen LogP contribution in [0.3, 0.4) is 0 Å². The summed E-state index contributed by atoms with van der Waals surface area (Å²) in [5.74, 6) is 0. The molecule has 0 N–H and O–H groups in total. The van der Waals surface area contributed by atoms with E-state index in [0.717, 1.165) is 13.1 Å². The summed E-state index contributed by atoms with van der Waals surface area (Å²) in [7, 11) is 0. The van der Waals surface area contributed by atoms with Crippen LogP contribution in [0.2, 0.25) is 0 Å². The van der Waals surface area contributed by atoms with Gasteiger partial charge in [0.1, 0.15) is 6.54 Å². The summed E-state index contributed by atoms with van der Waals surface area (Å²) in [6, 6.07) is 0. The Kier molecular flexibility index (Phi) is 1.02. The zero-order valence-electron chi connectivity index (χ0n) is 4.94. The maximum atomic E-state index is 4.33. The zero-order chi connectivity index (χ0) is 6.27. The van der Waals surface area contributed by atoms with Gasteiger partial charge in [-0.15, -0.1) is 0 Å². The van der Waals surface area contributed by atoms with E-state index >= 15 is 0 Å². The number of thiol groups is 1. The van der Waals surface area contributed by atoms with Gasteiger partial charge in [-0.1, -0.05) is 0 Å². The van der Waals surface area contributed by atoms with Crippen LogP contribution < -0.4 is 4.68 Å². The van der Waals surface area contributed by atoms with E-state index in [9.17, 15) is 0 Å². The quantitative estimate of drug-likeness (QED) is 0.382. The third-order valence-electron chi connectivity index (χ3n) is 1.53. The van der Waals surface area contributed by atoms with Crippen molar-refractivity contribution in [3.05, 3.63) is 12.7 Å². The molecule has 0 bridgehead atoms. The molecule has 48 valence electrons. The van der Waals surface area contributed by atoms with Crippen LogP contribution in [-0.2, 0) is 13.1 Å². The molecule has 2 rings (SSSR count). The first kappa shape index (κ1) is 5.29. The van der Waals surface area contributed by atoms with Crippen molar-refractivity contribution in [2.75, 3.05) is 0 Å². The van der Waals surface area contributed by atoms with E-state index in [1.54, 1.807) is 0 Å². The van der Waals surface area contributed by atoms with Crippen LogP contribution in [0, 0.1) is 0 Å². The molecular formula is C5H8N3S+. The highest BCUT2D eigenvalue weighted by Gasteiger charge is 2.21. The summed E-state index contributed by atoms with van der Waals surface area (Å²) in [6.45, 7) is 1.98. The Morgan fingerprint density at radius 2 is 2.67 bits per heavy atom. The fraction of sp³-hybridized carbons (Fsp3) is 0.600. The smallest absolute Gasteiger partial charge is 0.180 e. The standard InChI is InChI=1S/C5H7N3S/c9-5-1-7-3-6-4-8(7)2-5/h3-5H,1-2H2/p+1. The molecule has 0 spiro atoms. The SMILES string of the molecule is SC1Cn2cnc[n+]2C1. The molecular weight excluding hydrogens is 134 g/mol. The van der Waals surface area contributed by atoms with Crippen LogP contribution in [-0.4, -0.2) is 14.9 Å². The predicted octanol–water partition coefficient (Wildman–Crippen LogP) is -0.517. The first-order chi connectivity index (χ1) is 4.36. The molecule has 0 amide bonds. The molecule has 1 aromatic rings. The normalized spacial score (nSPS) is 24.3. The lowest BCUT2D eigenvalue weighted by Crippen LogP contribution is -2.36. The molecule has 0 radical (unpaired) electrons. The van der Waals surface area contributed by atoms with Gasteiger partial charge in [-0.05, 0) is 4.98 Å². The topological polar surface area (TPSA) is 21.7 Å². The van der Waals surface area contributed by atoms with Gasteiger partial charge in [-0.25, -0.2) is 0 Å². The largest absolute Gasteiger partial charge is 0.306 e. The Hall–Kier alpha value is -0.510. The highest BCUT2D eigenvalue weighted by atomic mass is 32.1. The Morgan fingerprint density at radius 3 is 3.44 bits per heavy atom. The summed E-state index contributed by atoms with van der Waals surface area (Å²) in [6.07, 6.45) is 3.66. The second kappa shape index (κ2) is 1.73. The summed E-state index contributed by atoms with van der Waals surface area (Å²) < 4.78 is 4.13. The van der Waals surface area contributed by atoms with E-state index in [-0.39, 0.29) is 0 Å². The molecule has 0 fully saturated rings. The molecule has 0 aliphatic carbocycles. The second-order valence-electron chi connectivity index (χ2n) is 2.28. The Morgan fingerprint density at radius 1 is 1.78 bits per heavy atom. The molecule has 3 nitrogen and oxygen atoms in total. The first-order valence-corrected chi connectivity index (χ1v) is 3.46. The van der Waals surface area contributed by atoms with Gasteiger partial charge in [0.15, 0.2) is 0 Å². The third-order valence-corrected chi connectivity index (χ3v) is 1.85. The fourth-order valence-electron chi connectivity index (χ4n) is 1.11. The van der Waals surface area contributed by atoms with Gasteiger partial charge in [0, 0.05) is 0 Å². The Balaban J connectivity index is 2.39. The second-order valence-corrected chi connectivity index (χ2v) is 3.01. The average molecular weight is 142 g/mol. The minimum atomic E-state index is 0.480. The van der Waals surface area contributed by atoms with Crippen molar-refractivity contribution in [2.45, 2.75) is 18.3 Å². The van der Waals surface area contributed by atoms with E-state index in [1.807, 2.05) is 12.7 Å². The van der Waals surface area contributed by atoms with Crippen LogP contribution in [0.25, 0.3) is 0 Å². The minimum Gasteiger partial charge on any atom is -0.180 e. The van der Waals surface area contributed by atoms with Gasteiger partial charge in [-0.2, -0.15) is 22.0 Å². The van der Waals surface area contributed by atoms with Crippen LogP contribution in [0.5, 0.6) is 0 Å². The van der Waals surface area contributed by atoms with Crippen molar-refractivity contribution in [1.29, 1.82) is 0 Å². The Bertz CT molecular complexity index is 199. The van der Waals surface area contributed by atoms with Crippen molar-refractivity contribution < 1.29 is 4.68 Å². The summed E-state index contributed by atoms with van der Waals surface area (Å²) in [5, 5.41) is 0.480. The van der Waals surface area contributed by atoms with Gasteiger partial charge < -0.3 is 0 Å². The lowest BCUT2D eigenvalue weighted by atomic mass is 10.4. The van der Waals surface area contributed by atoms with Crippen LogP contribution in [0.1, 0.15) is 0 Å². The van der Waals surface area contributed by atoms with Gasteiger partial charge in [0.25, 0.3) is 0 Å². The maximum Gasteiger partial charge on any atom is 0.306 e. The number of aromatic nitrogens is 3. The molecule has 1 aliphatic rings. The molecule has 0 atom stereocenters. The van der Waals surface area contributed by atoms with Crippen molar-refractivity contribution in [3.63, 3.8) is 0 Å². The summed E-state index contributed by atoms with van der Waals surface area (Å²) >= 11 is 4.33. The molecule has 0 aromatic carbocycles. The first-order valence-electron chi connectivity index (χ1n) is 2.94. The number of fused-ring (bicyclic) bond motifs is 1. The van der Waals surface area contributed by atoms with Gasteiger partial charge in [-0.3, -0.25) is 0 Å². The zero-order valence-corrected chi connectivity index (χ0v) is 5.83. The molecule has 9 heavy (non-hydrogen) atoms. The molecule has 2 heterocycles. The molecule has 0 saturated heterocycles. The van der Waals surface area contributed by atoms with Crippen LogP contribution in [0.15, 0.2) is 12.7 Å². The average Bonchev–Trinajstić information content (AvgIpc) is 2.22. The number of nitrogens with zero attached hydrogens (tertiary/aromatic N) is 3. The fourth-order valence-corrected chi connectivity index (χ4v) is 1.44. The van der Waals surface area contributed by atoms with Crippen molar-refractivity contribution in [3.8, 4) is 0 Å². The van der Waals surface area contributed by atoms with E-state index in [4.69, 9.17) is 0 Å². The molecule has 4 heteroatoms. The number of hydrogen-bond donors (Lipinski definition) is 1. The van der Waals surface area contributed by atoms with Gasteiger partial charge >= 0.3 is 6.33 Å². The van der Waals surface area contributed by atoms with Crippen molar-refractivity contribution >= 4 is 12.6 Å². The lowest BCUT2D eigenvalue weighted by Gasteiger charge is -1.87. The highest BCUT2D eigenvalue weighted by Crippen LogP contribution is 2.03. The molecule has 1 aromatic heterocycles. The van der Waals surface area contributed by atoms with Gasteiger partial charge in [0.2, 0.25) is 6.33 Å². The molecule has 1 aliphatic heterocycles. The maximum absolute atomic E-state index is 4.33. The van der Waals surface area contributed by atoms with Crippen molar-refractivity contribution in [2.24, 2.45) is 0 Å². The van der Waals surface area contributed by atoms with E-state index in [1.165, 1.54) is 0 Å². The lowest BCUT2D eigenvalue weighted by molar-refractivity contribution is -0.758. The summed E-state index contributed by atoms with van der Waals surface area (Å²) in [4.78, 5) is 3.97. The molecule has 0 saturated carbocycles. The summed E-state index contributed by atoms with van der Waals surface area (Å²) in [5.41, 5.74) is 0. The predicted molar refractivity (Wildman–Crippen MR) is 35.2 cm³/mol. The van der Waals surface area contributed by atoms with Crippen LogP contribution in [0.4, 0.5) is 0 Å². The third kappa shape index (κ3) is 0.738. The molecule has 0 unspecified atom stereocenters. The van der Waals surface area contributed by atoms with Crippen LogP contribution >= 0.6 is 12.6 Å².